The monoisotopic (exact) mass is 418 g/mol. The van der Waals surface area contributed by atoms with Crippen molar-refractivity contribution >= 4 is 11.9 Å². The van der Waals surface area contributed by atoms with Crippen LogP contribution in [-0.2, 0) is 9.59 Å². The lowest BCUT2D eigenvalue weighted by Gasteiger charge is -2.21. The van der Waals surface area contributed by atoms with Crippen LogP contribution in [-0.4, -0.2) is 68.8 Å². The number of ether oxygens (including phenoxy) is 1. The number of hydrogen-bond acceptors (Lipinski definition) is 7. The van der Waals surface area contributed by atoms with E-state index in [1.54, 1.807) is 19.1 Å². The van der Waals surface area contributed by atoms with E-state index in [1.165, 1.54) is 0 Å². The summed E-state index contributed by atoms with van der Waals surface area (Å²) >= 11 is 0. The van der Waals surface area contributed by atoms with Crippen molar-refractivity contribution in [1.29, 1.82) is 0 Å². The van der Waals surface area contributed by atoms with Gasteiger partial charge in [0.2, 0.25) is 0 Å². The highest BCUT2D eigenvalue weighted by molar-refractivity contribution is 5.83. The van der Waals surface area contributed by atoms with Gasteiger partial charge in [-0.3, -0.25) is 0 Å². The molecule has 1 heterocycles. The molecule has 0 aliphatic carbocycles. The first-order valence-electron chi connectivity index (χ1n) is 9.31. The van der Waals surface area contributed by atoms with Crippen LogP contribution < -0.4 is 10.1 Å². The highest BCUT2D eigenvalue weighted by Crippen LogP contribution is 2.20. The molecule has 166 valence electrons. The second-order valence-electron chi connectivity index (χ2n) is 6.82. The van der Waals surface area contributed by atoms with Gasteiger partial charge in [-0.15, -0.1) is 0 Å². The van der Waals surface area contributed by atoms with Crippen molar-refractivity contribution in [1.82, 2.24) is 10.3 Å². The fraction of sp³-hybridized carbons (Fsp3) is 0.632. The Labute approximate surface area is 169 Å². The fourth-order valence-electron chi connectivity index (χ4n) is 2.24. The van der Waals surface area contributed by atoms with Gasteiger partial charge in [0.1, 0.15) is 6.10 Å². The van der Waals surface area contributed by atoms with Crippen molar-refractivity contribution < 1.29 is 39.1 Å². The number of hydrogen-bond donors (Lipinski definition) is 5. The van der Waals surface area contributed by atoms with Crippen molar-refractivity contribution in [3.05, 3.63) is 23.8 Å². The Hall–Kier alpha value is -2.30. The number of aliphatic hydroxyl groups is 2. The third kappa shape index (κ3) is 11.3. The zero-order valence-electron chi connectivity index (χ0n) is 17.1. The van der Waals surface area contributed by atoms with E-state index in [4.69, 9.17) is 25.2 Å². The van der Waals surface area contributed by atoms with E-state index in [9.17, 15) is 14.0 Å². The van der Waals surface area contributed by atoms with Crippen LogP contribution in [0.2, 0.25) is 0 Å². The molecule has 1 aromatic heterocycles. The Morgan fingerprint density at radius 1 is 1.17 bits per heavy atom. The highest BCUT2D eigenvalue weighted by Gasteiger charge is 2.29. The van der Waals surface area contributed by atoms with Crippen molar-refractivity contribution in [2.75, 3.05) is 13.1 Å². The van der Waals surface area contributed by atoms with Gasteiger partial charge in [0, 0.05) is 5.69 Å². The van der Waals surface area contributed by atoms with Gasteiger partial charge in [-0.05, 0) is 50.9 Å². The number of aryl methyl sites for hydroxylation is 1. The second kappa shape index (κ2) is 13.8. The molecule has 0 saturated heterocycles. The number of aromatic nitrogens is 1. The molecule has 3 unspecified atom stereocenters. The molecule has 0 radical (unpaired) electrons. The first-order chi connectivity index (χ1) is 13.5. The molecule has 0 amide bonds. The average Bonchev–Trinajstić information content (AvgIpc) is 2.62. The smallest absolute Gasteiger partial charge is 0.335 e. The molecule has 29 heavy (non-hydrogen) atoms. The molecule has 5 N–H and O–H groups in total. The van der Waals surface area contributed by atoms with E-state index in [1.807, 2.05) is 0 Å². The van der Waals surface area contributed by atoms with Gasteiger partial charge in [0.05, 0.1) is 0 Å². The lowest BCUT2D eigenvalue weighted by Crippen LogP contribution is -2.39. The molecule has 0 spiro atoms. The maximum atomic E-state index is 13.7. The van der Waals surface area contributed by atoms with Crippen LogP contribution in [0, 0.1) is 18.8 Å². The van der Waals surface area contributed by atoms with Gasteiger partial charge in [-0.25, -0.2) is 14.6 Å². The Kier molecular flexibility index (Phi) is 12.7. The molecule has 0 aliphatic heterocycles. The first kappa shape index (κ1) is 26.7. The predicted octanol–water partition coefficient (Wildman–Crippen LogP) is 1.20. The van der Waals surface area contributed by atoms with Gasteiger partial charge >= 0.3 is 11.9 Å². The van der Waals surface area contributed by atoms with Crippen LogP contribution >= 0.6 is 0 Å². The van der Waals surface area contributed by atoms with Gasteiger partial charge < -0.3 is 30.5 Å². The summed E-state index contributed by atoms with van der Waals surface area (Å²) < 4.78 is 19.5. The molecular weight excluding hydrogens is 387 g/mol. The van der Waals surface area contributed by atoms with E-state index < -0.39 is 30.1 Å². The maximum absolute atomic E-state index is 13.7. The summed E-state index contributed by atoms with van der Waals surface area (Å²) in [6.07, 6.45) is -2.72. The molecule has 10 heteroatoms. The Balaban J connectivity index is 0.000000665. The van der Waals surface area contributed by atoms with Crippen LogP contribution in [0.25, 0.3) is 0 Å². The van der Waals surface area contributed by atoms with Gasteiger partial charge in [-0.1, -0.05) is 20.8 Å². The second-order valence-corrected chi connectivity index (χ2v) is 6.82. The van der Waals surface area contributed by atoms with Crippen molar-refractivity contribution in [3.8, 4) is 5.75 Å². The molecule has 0 bridgehead atoms. The molecule has 9 nitrogen and oxygen atoms in total. The molecule has 3 atom stereocenters. The summed E-state index contributed by atoms with van der Waals surface area (Å²) in [6.45, 7) is 9.95. The normalized spacial score (nSPS) is 13.8. The quantitative estimate of drug-likeness (QED) is 0.264. The van der Waals surface area contributed by atoms with E-state index >= 15 is 0 Å². The minimum absolute atomic E-state index is 0.0260. The lowest BCUT2D eigenvalue weighted by molar-refractivity contribution is -0.165. The van der Waals surface area contributed by atoms with E-state index in [0.29, 0.717) is 11.6 Å². The van der Waals surface area contributed by atoms with Crippen molar-refractivity contribution in [2.24, 2.45) is 5.92 Å². The summed E-state index contributed by atoms with van der Waals surface area (Å²) in [4.78, 5) is 23.3. The minimum atomic E-state index is -2.27. The summed E-state index contributed by atoms with van der Waals surface area (Å²) in [5, 5.41) is 35.8. The van der Waals surface area contributed by atoms with Gasteiger partial charge in [0.15, 0.2) is 18.0 Å². The highest BCUT2D eigenvalue weighted by atomic mass is 19.1. The number of aliphatic hydroxyl groups excluding tert-OH is 2. The molecule has 0 aliphatic rings. The number of pyridine rings is 1. The number of nitrogens with one attached hydrogen (secondary N) is 1. The largest absolute Gasteiger partial charge is 0.486 e. The molecular formula is C19H31FN2O7. The van der Waals surface area contributed by atoms with Crippen LogP contribution in [0.4, 0.5) is 4.39 Å². The number of carboxylic acids is 2. The number of halogens is 1. The summed E-state index contributed by atoms with van der Waals surface area (Å²) in [5.41, 5.74) is 0.665. The van der Waals surface area contributed by atoms with E-state index in [2.05, 4.69) is 31.1 Å². The summed E-state index contributed by atoms with van der Waals surface area (Å²) in [5.74, 6) is -3.28. The fourth-order valence-corrected chi connectivity index (χ4v) is 2.24. The number of rotatable bonds is 11. The average molecular weight is 418 g/mol. The van der Waals surface area contributed by atoms with Crippen LogP contribution in [0.3, 0.4) is 0 Å². The lowest BCUT2D eigenvalue weighted by atomic mass is 10.0. The Morgan fingerprint density at radius 2 is 1.72 bits per heavy atom. The van der Waals surface area contributed by atoms with Crippen LogP contribution in [0.15, 0.2) is 12.1 Å². The number of carboxylic acid groups (broad SMARTS) is 2. The molecule has 1 aromatic rings. The van der Waals surface area contributed by atoms with Crippen molar-refractivity contribution in [3.63, 3.8) is 0 Å². The standard InChI is InChI=1S/C15H25FN2O.C4H6O6/c1-5-17-9-8-13(10-11(2)3)19-14-7-6-12(4)18-15(14)16;5-1(3(7)8)2(6)4(9)10/h6-7,11,13,17H,5,8-10H2,1-4H3;1-2,5-6H,(H,7,8)(H,9,10). The number of aliphatic carboxylic acids is 2. The first-order valence-corrected chi connectivity index (χ1v) is 9.31. The Morgan fingerprint density at radius 3 is 2.14 bits per heavy atom. The third-order valence-corrected chi connectivity index (χ3v) is 3.68. The summed E-state index contributed by atoms with van der Waals surface area (Å²) in [7, 11) is 0. The molecule has 0 fully saturated rings. The summed E-state index contributed by atoms with van der Waals surface area (Å²) in [6, 6.07) is 3.44. The third-order valence-electron chi connectivity index (χ3n) is 3.68. The van der Waals surface area contributed by atoms with Gasteiger partial charge in [0.25, 0.3) is 5.95 Å². The molecule has 0 saturated carbocycles. The van der Waals surface area contributed by atoms with E-state index in [-0.39, 0.29) is 11.9 Å². The van der Waals surface area contributed by atoms with Crippen LogP contribution in [0.5, 0.6) is 5.75 Å². The van der Waals surface area contributed by atoms with Crippen LogP contribution in [0.1, 0.15) is 39.3 Å². The minimum Gasteiger partial charge on any atom is -0.486 e. The maximum Gasteiger partial charge on any atom is 0.335 e. The van der Waals surface area contributed by atoms with Gasteiger partial charge in [-0.2, -0.15) is 4.39 Å². The number of nitrogens with zero attached hydrogens (tertiary/aromatic N) is 1. The topological polar surface area (TPSA) is 149 Å². The van der Waals surface area contributed by atoms with E-state index in [0.717, 1.165) is 25.9 Å². The van der Waals surface area contributed by atoms with Crippen molar-refractivity contribution in [2.45, 2.75) is 58.8 Å². The zero-order valence-corrected chi connectivity index (χ0v) is 17.1. The number of carbonyl (C=O) groups is 2. The molecule has 0 aromatic carbocycles. The SMILES string of the molecule is CCNCCC(CC(C)C)Oc1ccc(C)nc1F.O=C(O)C(O)C(O)C(=O)O. The zero-order chi connectivity index (χ0) is 22.6. The molecule has 1 rings (SSSR count). The predicted molar refractivity (Wildman–Crippen MR) is 103 cm³/mol. The Bertz CT molecular complexity index is 625.